The van der Waals surface area contributed by atoms with Gasteiger partial charge in [0.15, 0.2) is 0 Å². The molecule has 6 heteroatoms. The van der Waals surface area contributed by atoms with Crippen LogP contribution in [0.2, 0.25) is 0 Å². The van der Waals surface area contributed by atoms with Crippen molar-refractivity contribution in [2.45, 2.75) is 30.5 Å². The van der Waals surface area contributed by atoms with Crippen molar-refractivity contribution in [2.75, 3.05) is 13.7 Å². The van der Waals surface area contributed by atoms with Gasteiger partial charge >= 0.3 is 0 Å². The van der Waals surface area contributed by atoms with Gasteiger partial charge in [0.1, 0.15) is 10.6 Å². The fourth-order valence-corrected chi connectivity index (χ4v) is 5.57. The number of hydrogen-bond acceptors (Lipinski definition) is 4. The Morgan fingerprint density at radius 2 is 1.60 bits per heavy atom. The molecule has 3 aromatic carbocycles. The van der Waals surface area contributed by atoms with Gasteiger partial charge < -0.3 is 9.47 Å². The second kappa shape index (κ2) is 9.00. The van der Waals surface area contributed by atoms with Crippen LogP contribution in [0.3, 0.4) is 0 Å². The maximum Gasteiger partial charge on any atom is 0.247 e. The summed E-state index contributed by atoms with van der Waals surface area (Å²) in [6.07, 6.45) is 0.567. The van der Waals surface area contributed by atoms with Crippen LogP contribution in [0.15, 0.2) is 83.8 Å². The van der Waals surface area contributed by atoms with Crippen LogP contribution in [0.25, 0.3) is 0 Å². The lowest BCUT2D eigenvalue weighted by Crippen LogP contribution is -2.45. The third-order valence-corrected chi connectivity index (χ3v) is 7.33. The molecule has 1 heterocycles. The van der Waals surface area contributed by atoms with Crippen LogP contribution in [0.1, 0.15) is 16.7 Å². The third kappa shape index (κ3) is 4.26. The molecule has 0 radical (unpaired) electrons. The highest BCUT2D eigenvalue weighted by Crippen LogP contribution is 2.31. The van der Waals surface area contributed by atoms with E-state index < -0.39 is 10.0 Å². The predicted octanol–water partition coefficient (Wildman–Crippen LogP) is 4.03. The van der Waals surface area contributed by atoms with Crippen LogP contribution in [0.4, 0.5) is 0 Å². The van der Waals surface area contributed by atoms with E-state index in [9.17, 15) is 8.42 Å². The summed E-state index contributed by atoms with van der Waals surface area (Å²) in [6.45, 7) is 1.08. The zero-order chi connectivity index (χ0) is 21.0. The maximum absolute atomic E-state index is 13.8. The number of hydrogen-bond donors (Lipinski definition) is 0. The Hall–Kier alpha value is -2.67. The van der Waals surface area contributed by atoms with Crippen LogP contribution in [0.5, 0.6) is 5.75 Å². The molecule has 30 heavy (non-hydrogen) atoms. The van der Waals surface area contributed by atoms with E-state index >= 15 is 0 Å². The lowest BCUT2D eigenvalue weighted by Gasteiger charge is -2.34. The Labute approximate surface area is 177 Å². The van der Waals surface area contributed by atoms with E-state index in [1.807, 2.05) is 54.6 Å². The average molecular weight is 424 g/mol. The summed E-state index contributed by atoms with van der Waals surface area (Å²) in [5.74, 6) is 0.340. The van der Waals surface area contributed by atoms with Crippen molar-refractivity contribution in [1.29, 1.82) is 0 Å². The Kier molecular flexibility index (Phi) is 6.18. The van der Waals surface area contributed by atoms with Gasteiger partial charge in [-0.05, 0) is 35.2 Å². The topological polar surface area (TPSA) is 55.8 Å². The minimum atomic E-state index is -3.83. The minimum absolute atomic E-state index is 0.170. The van der Waals surface area contributed by atoms with Crippen LogP contribution in [-0.2, 0) is 34.3 Å². The van der Waals surface area contributed by atoms with Gasteiger partial charge in [0.2, 0.25) is 10.0 Å². The fraction of sp³-hybridized carbons (Fsp3) is 0.250. The first-order valence-electron chi connectivity index (χ1n) is 9.93. The molecule has 0 bridgehead atoms. The zero-order valence-electron chi connectivity index (χ0n) is 16.9. The SMILES string of the molecule is COc1ccccc1S(=O)(=O)N1Cc2ccccc2COC[C@@H]1Cc1ccccc1. The monoisotopic (exact) mass is 423 g/mol. The molecule has 1 aliphatic heterocycles. The van der Waals surface area contributed by atoms with Gasteiger partial charge in [-0.2, -0.15) is 4.31 Å². The first kappa shape index (κ1) is 20.6. The largest absolute Gasteiger partial charge is 0.495 e. The van der Waals surface area contributed by atoms with E-state index in [1.54, 1.807) is 28.6 Å². The van der Waals surface area contributed by atoms with E-state index in [1.165, 1.54) is 7.11 Å². The van der Waals surface area contributed by atoms with Crippen LogP contribution < -0.4 is 4.74 Å². The molecular formula is C24H25NO4S. The molecule has 0 saturated carbocycles. The van der Waals surface area contributed by atoms with E-state index in [0.29, 0.717) is 25.4 Å². The molecular weight excluding hydrogens is 398 g/mol. The molecule has 0 unspecified atom stereocenters. The summed E-state index contributed by atoms with van der Waals surface area (Å²) in [5, 5.41) is 0. The number of rotatable bonds is 5. The molecule has 0 aromatic heterocycles. The maximum atomic E-state index is 13.8. The predicted molar refractivity (Wildman–Crippen MR) is 116 cm³/mol. The Bertz CT molecular complexity index is 1100. The van der Waals surface area contributed by atoms with Gasteiger partial charge in [0.05, 0.1) is 26.4 Å². The van der Waals surface area contributed by atoms with Crippen LogP contribution >= 0.6 is 0 Å². The second-order valence-electron chi connectivity index (χ2n) is 7.33. The van der Waals surface area contributed by atoms with Crippen molar-refractivity contribution in [3.63, 3.8) is 0 Å². The number of sulfonamides is 1. The van der Waals surface area contributed by atoms with Crippen molar-refractivity contribution >= 4 is 10.0 Å². The molecule has 0 amide bonds. The van der Waals surface area contributed by atoms with Gasteiger partial charge in [-0.25, -0.2) is 8.42 Å². The van der Waals surface area contributed by atoms with E-state index in [0.717, 1.165) is 16.7 Å². The molecule has 5 nitrogen and oxygen atoms in total. The Morgan fingerprint density at radius 1 is 0.933 bits per heavy atom. The van der Waals surface area contributed by atoms with Crippen molar-refractivity contribution in [1.82, 2.24) is 4.31 Å². The lowest BCUT2D eigenvalue weighted by atomic mass is 10.0. The highest BCUT2D eigenvalue weighted by atomic mass is 32.2. The summed E-state index contributed by atoms with van der Waals surface area (Å²) in [6, 6.07) is 24.2. The van der Waals surface area contributed by atoms with Crippen LogP contribution in [-0.4, -0.2) is 32.5 Å². The Morgan fingerprint density at radius 3 is 2.37 bits per heavy atom. The highest BCUT2D eigenvalue weighted by molar-refractivity contribution is 7.89. The van der Waals surface area contributed by atoms with Crippen LogP contribution in [0, 0.1) is 0 Å². The fourth-order valence-electron chi connectivity index (χ4n) is 3.82. The summed E-state index contributed by atoms with van der Waals surface area (Å²) in [7, 11) is -2.34. The molecule has 0 N–H and O–H groups in total. The minimum Gasteiger partial charge on any atom is -0.495 e. The standard InChI is InChI=1S/C24H25NO4S/c1-28-23-13-7-8-14-24(23)30(26,27)25-16-20-11-5-6-12-21(20)17-29-18-22(25)15-19-9-3-2-4-10-19/h2-14,22H,15-18H2,1H3/t22-/m0/s1. The summed E-state index contributed by atoms with van der Waals surface area (Å²) in [5.41, 5.74) is 3.03. The Balaban J connectivity index is 1.79. The quantitative estimate of drug-likeness (QED) is 0.622. The molecule has 3 aromatic rings. The number of nitrogens with zero attached hydrogens (tertiary/aromatic N) is 1. The number of ether oxygens (including phenoxy) is 2. The van der Waals surface area contributed by atoms with E-state index in [4.69, 9.17) is 9.47 Å². The molecule has 0 saturated heterocycles. The molecule has 1 atom stereocenters. The third-order valence-electron chi connectivity index (χ3n) is 5.39. The van der Waals surface area contributed by atoms with Crippen molar-refractivity contribution in [3.8, 4) is 5.75 Å². The van der Waals surface area contributed by atoms with Gasteiger partial charge in [0, 0.05) is 6.54 Å². The summed E-state index contributed by atoms with van der Waals surface area (Å²) >= 11 is 0. The first-order chi connectivity index (χ1) is 14.6. The van der Waals surface area contributed by atoms with Gasteiger partial charge in [-0.1, -0.05) is 66.7 Å². The molecule has 4 rings (SSSR count). The van der Waals surface area contributed by atoms with Gasteiger partial charge in [-0.3, -0.25) is 0 Å². The summed E-state index contributed by atoms with van der Waals surface area (Å²) < 4.78 is 40.6. The highest BCUT2D eigenvalue weighted by Gasteiger charge is 2.35. The second-order valence-corrected chi connectivity index (χ2v) is 9.19. The number of benzene rings is 3. The molecule has 0 aliphatic carbocycles. The first-order valence-corrected chi connectivity index (χ1v) is 11.4. The van der Waals surface area contributed by atoms with Gasteiger partial charge in [-0.15, -0.1) is 0 Å². The normalized spacial score (nSPS) is 17.6. The van der Waals surface area contributed by atoms with Crippen molar-refractivity contribution in [3.05, 3.63) is 95.6 Å². The lowest BCUT2D eigenvalue weighted by molar-refractivity contribution is 0.0673. The smallest absolute Gasteiger partial charge is 0.247 e. The summed E-state index contributed by atoms with van der Waals surface area (Å²) in [4.78, 5) is 0.170. The number of para-hydroxylation sites is 1. The average Bonchev–Trinajstić information content (AvgIpc) is 2.76. The molecule has 1 aliphatic rings. The molecule has 0 spiro atoms. The van der Waals surface area contributed by atoms with Gasteiger partial charge in [0.25, 0.3) is 0 Å². The van der Waals surface area contributed by atoms with Crippen molar-refractivity contribution in [2.24, 2.45) is 0 Å². The molecule has 0 fully saturated rings. The molecule has 156 valence electrons. The zero-order valence-corrected chi connectivity index (χ0v) is 17.7. The number of methoxy groups -OCH3 is 1. The number of fused-ring (bicyclic) bond motifs is 1. The van der Waals surface area contributed by atoms with E-state index in [2.05, 4.69) is 0 Å². The van der Waals surface area contributed by atoms with E-state index in [-0.39, 0.29) is 17.5 Å². The van der Waals surface area contributed by atoms with Crippen molar-refractivity contribution < 1.29 is 17.9 Å².